The van der Waals surface area contributed by atoms with Gasteiger partial charge in [-0.2, -0.15) is 0 Å². The van der Waals surface area contributed by atoms with Gasteiger partial charge in [0.05, 0.1) is 12.2 Å². The molecule has 0 fully saturated rings. The molecular formula is C17H22BrN5OS. The Balaban J connectivity index is 1.70. The molecule has 0 saturated heterocycles. The summed E-state index contributed by atoms with van der Waals surface area (Å²) < 4.78 is 0.950. The van der Waals surface area contributed by atoms with Crippen LogP contribution in [0, 0.1) is 13.8 Å². The molecular weight excluding hydrogens is 402 g/mol. The van der Waals surface area contributed by atoms with E-state index in [0.717, 1.165) is 15.2 Å². The summed E-state index contributed by atoms with van der Waals surface area (Å²) in [7, 11) is 1.72. The number of rotatable bonds is 6. The molecule has 0 aliphatic carbocycles. The van der Waals surface area contributed by atoms with Crippen LogP contribution in [0.4, 0.5) is 0 Å². The fourth-order valence-electron chi connectivity index (χ4n) is 2.05. The van der Waals surface area contributed by atoms with Crippen molar-refractivity contribution in [2.75, 3.05) is 20.1 Å². The van der Waals surface area contributed by atoms with Crippen molar-refractivity contribution in [3.63, 3.8) is 0 Å². The fourth-order valence-corrected chi connectivity index (χ4v) is 3.19. The zero-order valence-corrected chi connectivity index (χ0v) is 16.9. The molecule has 0 aliphatic rings. The highest BCUT2D eigenvalue weighted by molar-refractivity contribution is 9.10. The van der Waals surface area contributed by atoms with Crippen LogP contribution >= 0.6 is 27.3 Å². The molecule has 0 spiro atoms. The molecule has 8 heteroatoms. The van der Waals surface area contributed by atoms with Gasteiger partial charge in [-0.15, -0.1) is 11.3 Å². The number of carbonyl (C=O) groups is 1. The molecule has 3 N–H and O–H groups in total. The molecule has 0 saturated carbocycles. The number of aromatic nitrogens is 1. The minimum Gasteiger partial charge on any atom is -0.355 e. The van der Waals surface area contributed by atoms with Crippen LogP contribution in [0.3, 0.4) is 0 Å². The number of nitrogens with zero attached hydrogens (tertiary/aromatic N) is 2. The van der Waals surface area contributed by atoms with Gasteiger partial charge in [0.2, 0.25) is 0 Å². The van der Waals surface area contributed by atoms with Crippen molar-refractivity contribution in [1.29, 1.82) is 0 Å². The summed E-state index contributed by atoms with van der Waals surface area (Å²) in [4.78, 5) is 21.9. The van der Waals surface area contributed by atoms with E-state index in [9.17, 15) is 4.79 Å². The van der Waals surface area contributed by atoms with E-state index in [4.69, 9.17) is 0 Å². The van der Waals surface area contributed by atoms with Gasteiger partial charge in [-0.3, -0.25) is 9.79 Å². The quantitative estimate of drug-likeness (QED) is 0.379. The van der Waals surface area contributed by atoms with Crippen LogP contribution in [0.15, 0.2) is 33.7 Å². The SMILES string of the molecule is CN=C(NCCNC(=O)c1ccc(Br)cc1)NCc1nc(C)c(C)s1. The average Bonchev–Trinajstić information content (AvgIpc) is 2.92. The molecule has 1 heterocycles. The number of benzene rings is 1. The van der Waals surface area contributed by atoms with Crippen LogP contribution < -0.4 is 16.0 Å². The molecule has 0 atom stereocenters. The maximum atomic E-state index is 12.0. The lowest BCUT2D eigenvalue weighted by atomic mass is 10.2. The van der Waals surface area contributed by atoms with Gasteiger partial charge >= 0.3 is 0 Å². The lowest BCUT2D eigenvalue weighted by Crippen LogP contribution is -2.41. The van der Waals surface area contributed by atoms with Gasteiger partial charge in [0.25, 0.3) is 5.91 Å². The second-order valence-electron chi connectivity index (χ2n) is 5.36. The molecule has 0 bridgehead atoms. The minimum atomic E-state index is -0.0917. The van der Waals surface area contributed by atoms with Crippen LogP contribution in [0.2, 0.25) is 0 Å². The lowest BCUT2D eigenvalue weighted by Gasteiger charge is -2.11. The molecule has 2 rings (SSSR count). The molecule has 25 heavy (non-hydrogen) atoms. The van der Waals surface area contributed by atoms with E-state index < -0.39 is 0 Å². The molecule has 0 radical (unpaired) electrons. The van der Waals surface area contributed by atoms with E-state index >= 15 is 0 Å². The molecule has 0 aliphatic heterocycles. The Labute approximate surface area is 160 Å². The number of thiazole rings is 1. The first-order chi connectivity index (χ1) is 12.0. The number of aryl methyl sites for hydroxylation is 2. The predicted molar refractivity (Wildman–Crippen MR) is 106 cm³/mol. The van der Waals surface area contributed by atoms with E-state index in [-0.39, 0.29) is 5.91 Å². The molecule has 1 aromatic carbocycles. The van der Waals surface area contributed by atoms with Gasteiger partial charge < -0.3 is 16.0 Å². The van der Waals surface area contributed by atoms with Crippen LogP contribution in [0.5, 0.6) is 0 Å². The van der Waals surface area contributed by atoms with E-state index in [1.807, 2.05) is 19.1 Å². The van der Waals surface area contributed by atoms with Crippen molar-refractivity contribution < 1.29 is 4.79 Å². The highest BCUT2D eigenvalue weighted by atomic mass is 79.9. The summed E-state index contributed by atoms with van der Waals surface area (Å²) in [6.07, 6.45) is 0. The van der Waals surface area contributed by atoms with Gasteiger partial charge in [-0.05, 0) is 38.1 Å². The maximum absolute atomic E-state index is 12.0. The predicted octanol–water partition coefficient (Wildman–Crippen LogP) is 2.62. The highest BCUT2D eigenvalue weighted by Crippen LogP contribution is 2.15. The largest absolute Gasteiger partial charge is 0.355 e. The number of halogens is 1. The van der Waals surface area contributed by atoms with Gasteiger partial charge in [0.15, 0.2) is 5.96 Å². The van der Waals surface area contributed by atoms with Crippen molar-refractivity contribution in [2.24, 2.45) is 4.99 Å². The monoisotopic (exact) mass is 423 g/mol. The third-order valence-corrected chi connectivity index (χ3v) is 5.11. The van der Waals surface area contributed by atoms with Crippen molar-refractivity contribution >= 4 is 39.1 Å². The number of amides is 1. The Hall–Kier alpha value is -1.93. The molecule has 1 amide bonds. The third kappa shape index (κ3) is 6.13. The normalized spacial score (nSPS) is 11.3. The molecule has 134 valence electrons. The number of aliphatic imine (C=N–C) groups is 1. The van der Waals surface area contributed by atoms with Crippen molar-refractivity contribution in [2.45, 2.75) is 20.4 Å². The Morgan fingerprint density at radius 1 is 1.16 bits per heavy atom. The second-order valence-corrected chi connectivity index (χ2v) is 7.57. The summed E-state index contributed by atoms with van der Waals surface area (Å²) in [5, 5.41) is 10.3. The standard InChI is InChI=1S/C17H22BrN5OS/c1-11-12(2)25-15(23-11)10-22-17(19-3)21-9-8-20-16(24)13-4-6-14(18)7-5-13/h4-7H,8-10H2,1-3H3,(H,20,24)(H2,19,21,22). The van der Waals surface area contributed by atoms with Crippen molar-refractivity contribution in [1.82, 2.24) is 20.9 Å². The van der Waals surface area contributed by atoms with Crippen LogP contribution in [0.1, 0.15) is 25.9 Å². The number of guanidine groups is 1. The minimum absolute atomic E-state index is 0.0917. The first-order valence-electron chi connectivity index (χ1n) is 7.90. The zero-order chi connectivity index (χ0) is 18.2. The second kappa shape index (κ2) is 9.53. The van der Waals surface area contributed by atoms with E-state index in [0.29, 0.717) is 31.2 Å². The fraction of sp³-hybridized carbons (Fsp3) is 0.353. The van der Waals surface area contributed by atoms with Gasteiger partial charge in [-0.25, -0.2) is 4.98 Å². The van der Waals surface area contributed by atoms with Crippen molar-refractivity contribution in [3.8, 4) is 0 Å². The first-order valence-corrected chi connectivity index (χ1v) is 9.51. The maximum Gasteiger partial charge on any atom is 0.251 e. The van der Waals surface area contributed by atoms with E-state index in [1.165, 1.54) is 4.88 Å². The molecule has 6 nitrogen and oxygen atoms in total. The van der Waals surface area contributed by atoms with Crippen LogP contribution in [-0.4, -0.2) is 37.0 Å². The molecule has 2 aromatic rings. The molecule has 0 unspecified atom stereocenters. The highest BCUT2D eigenvalue weighted by Gasteiger charge is 2.06. The summed E-state index contributed by atoms with van der Waals surface area (Å²) in [5.74, 6) is 0.592. The van der Waals surface area contributed by atoms with Crippen LogP contribution in [-0.2, 0) is 6.54 Å². The Morgan fingerprint density at radius 3 is 2.44 bits per heavy atom. The van der Waals surface area contributed by atoms with Crippen LogP contribution in [0.25, 0.3) is 0 Å². The zero-order valence-electron chi connectivity index (χ0n) is 14.5. The number of hydrogen-bond acceptors (Lipinski definition) is 4. The average molecular weight is 424 g/mol. The Bertz CT molecular complexity index is 722. The Kier molecular flexibility index (Phi) is 7.39. The van der Waals surface area contributed by atoms with Gasteiger partial charge in [-0.1, -0.05) is 15.9 Å². The molecule has 1 aromatic heterocycles. The number of hydrogen-bond donors (Lipinski definition) is 3. The summed E-state index contributed by atoms with van der Waals surface area (Å²) in [5.41, 5.74) is 1.71. The van der Waals surface area contributed by atoms with E-state index in [1.54, 1.807) is 30.5 Å². The van der Waals surface area contributed by atoms with Gasteiger partial charge in [0, 0.05) is 35.1 Å². The Morgan fingerprint density at radius 2 is 1.84 bits per heavy atom. The van der Waals surface area contributed by atoms with E-state index in [2.05, 4.69) is 48.8 Å². The topological polar surface area (TPSA) is 78.4 Å². The summed E-state index contributed by atoms with van der Waals surface area (Å²) in [6.45, 7) is 5.79. The van der Waals surface area contributed by atoms with Gasteiger partial charge in [0.1, 0.15) is 5.01 Å². The smallest absolute Gasteiger partial charge is 0.251 e. The lowest BCUT2D eigenvalue weighted by molar-refractivity contribution is 0.0954. The summed E-state index contributed by atoms with van der Waals surface area (Å²) >= 11 is 5.03. The first kappa shape index (κ1) is 19.4. The number of nitrogens with one attached hydrogen (secondary N) is 3. The number of carbonyl (C=O) groups excluding carboxylic acids is 1. The summed E-state index contributed by atoms with van der Waals surface area (Å²) in [6, 6.07) is 7.26. The van der Waals surface area contributed by atoms with Crippen molar-refractivity contribution in [3.05, 3.63) is 49.9 Å². The third-order valence-electron chi connectivity index (χ3n) is 3.51.